The van der Waals surface area contributed by atoms with Gasteiger partial charge in [-0.3, -0.25) is 9.88 Å². The van der Waals surface area contributed by atoms with Gasteiger partial charge in [0.2, 0.25) is 0 Å². The van der Waals surface area contributed by atoms with Crippen molar-refractivity contribution >= 4 is 22.2 Å². The van der Waals surface area contributed by atoms with Crippen LogP contribution >= 0.6 is 11.3 Å². The first kappa shape index (κ1) is 16.7. The number of rotatable bonds is 4. The molecule has 1 aliphatic rings. The van der Waals surface area contributed by atoms with E-state index < -0.39 is 0 Å². The first-order valence-corrected chi connectivity index (χ1v) is 9.87. The maximum absolute atomic E-state index is 10.6. The summed E-state index contributed by atoms with van der Waals surface area (Å²) in [6.07, 6.45) is 3.67. The van der Waals surface area contributed by atoms with Crippen LogP contribution in [0.2, 0.25) is 0 Å². The molecule has 3 nitrogen and oxygen atoms in total. The number of pyridine rings is 1. The molecule has 25 heavy (non-hydrogen) atoms. The average Bonchev–Trinajstić information content (AvgIpc) is 3.19. The van der Waals surface area contributed by atoms with E-state index in [1.54, 1.807) is 11.3 Å². The van der Waals surface area contributed by atoms with E-state index in [0.29, 0.717) is 5.92 Å². The van der Waals surface area contributed by atoms with E-state index in [0.717, 1.165) is 42.9 Å². The van der Waals surface area contributed by atoms with Gasteiger partial charge in [-0.15, -0.1) is 11.3 Å². The zero-order valence-corrected chi connectivity index (χ0v) is 15.4. The Morgan fingerprint density at radius 1 is 1.20 bits per heavy atom. The normalized spacial score (nSPS) is 17.8. The van der Waals surface area contributed by atoms with Crippen molar-refractivity contribution < 1.29 is 5.11 Å². The predicted octanol–water partition coefficient (Wildman–Crippen LogP) is 4.55. The van der Waals surface area contributed by atoms with Crippen molar-refractivity contribution in [2.24, 2.45) is 5.92 Å². The number of fused-ring (bicyclic) bond motifs is 1. The van der Waals surface area contributed by atoms with Crippen molar-refractivity contribution in [3.8, 4) is 0 Å². The number of aliphatic hydroxyl groups excluding tert-OH is 1. The van der Waals surface area contributed by atoms with Crippen LogP contribution in [-0.2, 0) is 6.54 Å². The average molecular weight is 353 g/mol. The Morgan fingerprint density at radius 3 is 2.80 bits per heavy atom. The molecule has 1 N–H and O–H groups in total. The van der Waals surface area contributed by atoms with Crippen LogP contribution in [0, 0.1) is 12.8 Å². The molecule has 0 amide bonds. The summed E-state index contributed by atoms with van der Waals surface area (Å²) in [5, 5.41) is 13.9. The lowest BCUT2D eigenvalue weighted by Crippen LogP contribution is -2.35. The van der Waals surface area contributed by atoms with Gasteiger partial charge in [-0.2, -0.15) is 0 Å². The van der Waals surface area contributed by atoms with Gasteiger partial charge in [0.15, 0.2) is 0 Å². The molecule has 2 aromatic heterocycles. The second-order valence-electron chi connectivity index (χ2n) is 7.00. The van der Waals surface area contributed by atoms with Crippen LogP contribution in [0.3, 0.4) is 0 Å². The number of aryl methyl sites for hydroxylation is 1. The van der Waals surface area contributed by atoms with Gasteiger partial charge in [0, 0.05) is 23.0 Å². The van der Waals surface area contributed by atoms with E-state index in [2.05, 4.69) is 35.0 Å². The summed E-state index contributed by atoms with van der Waals surface area (Å²) in [5.74, 6) is 0.380. The second kappa shape index (κ2) is 7.24. The van der Waals surface area contributed by atoms with Crippen molar-refractivity contribution in [1.82, 2.24) is 9.88 Å². The van der Waals surface area contributed by atoms with Crippen LogP contribution in [0.5, 0.6) is 0 Å². The van der Waals surface area contributed by atoms with Crippen molar-refractivity contribution in [1.29, 1.82) is 0 Å². The third-order valence-corrected chi connectivity index (χ3v) is 6.37. The zero-order valence-electron chi connectivity index (χ0n) is 14.6. The van der Waals surface area contributed by atoms with Crippen molar-refractivity contribution in [2.45, 2.75) is 32.4 Å². The van der Waals surface area contributed by atoms with E-state index in [4.69, 9.17) is 0 Å². The smallest absolute Gasteiger partial charge is 0.0910 e. The minimum atomic E-state index is -0.300. The van der Waals surface area contributed by atoms with Gasteiger partial charge in [0.05, 0.1) is 11.6 Å². The maximum Gasteiger partial charge on any atom is 0.0910 e. The minimum Gasteiger partial charge on any atom is -0.387 e. The first-order valence-electron chi connectivity index (χ1n) is 8.99. The van der Waals surface area contributed by atoms with Gasteiger partial charge >= 0.3 is 0 Å². The van der Waals surface area contributed by atoms with Gasteiger partial charge in [-0.1, -0.05) is 18.2 Å². The highest BCUT2D eigenvalue weighted by atomic mass is 32.1. The minimum absolute atomic E-state index is 0.300. The largest absolute Gasteiger partial charge is 0.387 e. The molecule has 3 heterocycles. The molecular formula is C21H24N2OS. The summed E-state index contributed by atoms with van der Waals surface area (Å²) in [5.41, 5.74) is 3.80. The van der Waals surface area contributed by atoms with Gasteiger partial charge in [0.1, 0.15) is 0 Å². The standard InChI is InChI=1S/C21H24N2OS/c1-15-6-7-19-17(4-2-10-22-19)18(15)14-23-11-8-16(9-12-23)21(24)20-5-3-13-25-20/h2-7,10,13,16,21,24H,8-9,11-12,14H2,1H3. The summed E-state index contributed by atoms with van der Waals surface area (Å²) < 4.78 is 0. The molecule has 3 aromatic rings. The number of aliphatic hydroxyl groups is 1. The Bertz CT molecular complexity index is 838. The number of likely N-dealkylation sites (tertiary alicyclic amines) is 1. The van der Waals surface area contributed by atoms with Crippen molar-refractivity contribution in [2.75, 3.05) is 13.1 Å². The Balaban J connectivity index is 1.45. The van der Waals surface area contributed by atoms with Gasteiger partial charge in [0.25, 0.3) is 0 Å². The van der Waals surface area contributed by atoms with Crippen LogP contribution < -0.4 is 0 Å². The van der Waals surface area contributed by atoms with Gasteiger partial charge in [-0.05, 0) is 73.5 Å². The molecule has 1 unspecified atom stereocenters. The fraction of sp³-hybridized carbons (Fsp3) is 0.381. The lowest BCUT2D eigenvalue weighted by Gasteiger charge is -2.34. The summed E-state index contributed by atoms with van der Waals surface area (Å²) >= 11 is 1.66. The van der Waals surface area contributed by atoms with E-state index >= 15 is 0 Å². The maximum atomic E-state index is 10.6. The second-order valence-corrected chi connectivity index (χ2v) is 7.98. The fourth-order valence-corrected chi connectivity index (χ4v) is 4.68. The van der Waals surface area contributed by atoms with Crippen LogP contribution in [0.25, 0.3) is 10.9 Å². The van der Waals surface area contributed by atoms with Crippen LogP contribution in [0.1, 0.15) is 34.9 Å². The SMILES string of the molecule is Cc1ccc2ncccc2c1CN1CCC(C(O)c2cccs2)CC1. The molecule has 1 aromatic carbocycles. The topological polar surface area (TPSA) is 36.4 Å². The number of piperidine rings is 1. The van der Waals surface area contributed by atoms with Crippen molar-refractivity contribution in [3.05, 3.63) is 64.0 Å². The van der Waals surface area contributed by atoms with Crippen molar-refractivity contribution in [3.63, 3.8) is 0 Å². The molecular weight excluding hydrogens is 328 g/mol. The molecule has 0 aliphatic carbocycles. The number of hydrogen-bond donors (Lipinski definition) is 1. The summed E-state index contributed by atoms with van der Waals surface area (Å²) in [4.78, 5) is 8.12. The van der Waals surface area contributed by atoms with Crippen LogP contribution in [0.15, 0.2) is 48.0 Å². The molecule has 1 fully saturated rings. The summed E-state index contributed by atoms with van der Waals surface area (Å²) in [7, 11) is 0. The zero-order chi connectivity index (χ0) is 17.2. The molecule has 4 rings (SSSR count). The molecule has 4 heteroatoms. The highest BCUT2D eigenvalue weighted by molar-refractivity contribution is 7.10. The summed E-state index contributed by atoms with van der Waals surface area (Å²) in [6, 6.07) is 12.6. The third-order valence-electron chi connectivity index (χ3n) is 5.43. The Labute approximate surface area is 152 Å². The number of aromatic nitrogens is 1. The van der Waals surface area contributed by atoms with E-state index in [9.17, 15) is 5.11 Å². The van der Waals surface area contributed by atoms with Crippen LogP contribution in [0.4, 0.5) is 0 Å². The van der Waals surface area contributed by atoms with Gasteiger partial charge < -0.3 is 5.11 Å². The highest BCUT2D eigenvalue weighted by Crippen LogP contribution is 2.33. The molecule has 0 spiro atoms. The number of hydrogen-bond acceptors (Lipinski definition) is 4. The van der Waals surface area contributed by atoms with Gasteiger partial charge in [-0.25, -0.2) is 0 Å². The molecule has 0 saturated carbocycles. The molecule has 1 aliphatic heterocycles. The summed E-state index contributed by atoms with van der Waals surface area (Å²) in [6.45, 7) is 5.25. The molecule has 0 radical (unpaired) electrons. The van der Waals surface area contributed by atoms with E-state index in [-0.39, 0.29) is 6.10 Å². The fourth-order valence-electron chi connectivity index (χ4n) is 3.87. The third kappa shape index (κ3) is 3.47. The lowest BCUT2D eigenvalue weighted by atomic mass is 9.90. The molecule has 1 atom stereocenters. The number of thiophene rings is 1. The quantitative estimate of drug-likeness (QED) is 0.748. The number of benzene rings is 1. The first-order chi connectivity index (χ1) is 12.2. The van der Waals surface area contributed by atoms with E-state index in [1.807, 2.05) is 29.8 Å². The van der Waals surface area contributed by atoms with Crippen LogP contribution in [-0.4, -0.2) is 28.1 Å². The van der Waals surface area contributed by atoms with E-state index in [1.165, 1.54) is 16.5 Å². The monoisotopic (exact) mass is 352 g/mol. The highest BCUT2D eigenvalue weighted by Gasteiger charge is 2.27. The lowest BCUT2D eigenvalue weighted by molar-refractivity contribution is 0.0591. The predicted molar refractivity (Wildman–Crippen MR) is 104 cm³/mol. The Hall–Kier alpha value is -1.75. The molecule has 130 valence electrons. The Kier molecular flexibility index (Phi) is 4.84. The Morgan fingerprint density at radius 2 is 2.04 bits per heavy atom. The number of nitrogens with zero attached hydrogens (tertiary/aromatic N) is 2. The molecule has 1 saturated heterocycles. The molecule has 0 bridgehead atoms.